The number of likely N-dealkylation sites (tertiary alicyclic amines) is 1. The molecule has 3 rings (SSSR count). The minimum absolute atomic E-state index is 0.0640. The molecule has 1 amide bonds. The second kappa shape index (κ2) is 8.93. The van der Waals surface area contributed by atoms with Crippen molar-refractivity contribution in [1.29, 1.82) is 5.26 Å². The monoisotopic (exact) mass is 398 g/mol. The van der Waals surface area contributed by atoms with E-state index < -0.39 is 5.56 Å². The lowest BCUT2D eigenvalue weighted by molar-refractivity contribution is -0.134. The number of hydrogen-bond donors (Lipinski definition) is 1. The highest BCUT2D eigenvalue weighted by atomic mass is 32.2. The van der Waals surface area contributed by atoms with Crippen LogP contribution in [0, 0.1) is 17.2 Å². The Kier molecular flexibility index (Phi) is 6.37. The van der Waals surface area contributed by atoms with Gasteiger partial charge in [0.15, 0.2) is 11.8 Å². The maximum Gasteiger partial charge on any atom is 0.270 e. The number of carbonyl (C=O) groups is 1. The van der Waals surface area contributed by atoms with E-state index in [2.05, 4.69) is 16.9 Å². The number of carbonyl (C=O) groups excluding carboxylic acids is 1. The van der Waals surface area contributed by atoms with Gasteiger partial charge in [-0.05, 0) is 37.1 Å². The number of para-hydroxylation sites is 1. The second-order valence-corrected chi connectivity index (χ2v) is 7.55. The zero-order chi connectivity index (χ0) is 20.1. The van der Waals surface area contributed by atoms with Crippen LogP contribution >= 0.6 is 11.8 Å². The van der Waals surface area contributed by atoms with Gasteiger partial charge in [-0.15, -0.1) is 0 Å². The number of piperidine rings is 1. The van der Waals surface area contributed by atoms with E-state index in [1.54, 1.807) is 30.5 Å². The van der Waals surface area contributed by atoms with Gasteiger partial charge in [-0.3, -0.25) is 9.59 Å². The Hall–Kier alpha value is -2.79. The van der Waals surface area contributed by atoms with Crippen molar-refractivity contribution in [3.05, 3.63) is 40.2 Å². The number of ether oxygens (including phenoxy) is 1. The first kappa shape index (κ1) is 20.0. The number of nitrogens with one attached hydrogen (secondary N) is 1. The molecule has 7 nitrogen and oxygen atoms in total. The van der Waals surface area contributed by atoms with Gasteiger partial charge in [0.25, 0.3) is 11.5 Å². The molecule has 1 saturated heterocycles. The number of hydrogen-bond acceptors (Lipinski definition) is 6. The van der Waals surface area contributed by atoms with Crippen LogP contribution in [-0.4, -0.2) is 46.7 Å². The minimum Gasteiger partial charge on any atom is -0.483 e. The maximum absolute atomic E-state index is 12.5. The van der Waals surface area contributed by atoms with Gasteiger partial charge in [0.1, 0.15) is 23.1 Å². The smallest absolute Gasteiger partial charge is 0.270 e. The molecule has 0 saturated carbocycles. The van der Waals surface area contributed by atoms with E-state index in [0.29, 0.717) is 22.4 Å². The Bertz CT molecular complexity index is 959. The average Bonchev–Trinajstić information content (AvgIpc) is 2.72. The molecule has 0 spiro atoms. The average molecular weight is 398 g/mol. The molecule has 0 bridgehead atoms. The summed E-state index contributed by atoms with van der Waals surface area (Å²) in [5, 5.41) is 9.82. The fraction of sp³-hybridized carbons (Fsp3) is 0.400. The normalized spacial score (nSPS) is 14.5. The summed E-state index contributed by atoms with van der Waals surface area (Å²) in [5.41, 5.74) is 0.196. The van der Waals surface area contributed by atoms with Crippen LogP contribution in [0.15, 0.2) is 34.2 Å². The molecule has 146 valence electrons. The van der Waals surface area contributed by atoms with E-state index in [9.17, 15) is 14.9 Å². The number of thioether (sulfide) groups is 1. The van der Waals surface area contributed by atoms with Crippen molar-refractivity contribution in [2.45, 2.75) is 24.9 Å². The summed E-state index contributed by atoms with van der Waals surface area (Å²) in [5.74, 6) is 0.997. The second-order valence-electron chi connectivity index (χ2n) is 6.76. The molecule has 0 unspecified atom stereocenters. The molecule has 1 fully saturated rings. The minimum atomic E-state index is -0.495. The molecule has 1 aromatic carbocycles. The standard InChI is InChI=1S/C20H22N4O3S/c1-13-7-9-24(10-8-13)17(25)12-27-16-6-4-3-5-14(16)18-15(11-21)19(26)23-20(22-18)28-2/h3-6,13H,7-10,12H2,1-2H3,(H,22,23,26). The molecule has 28 heavy (non-hydrogen) atoms. The highest BCUT2D eigenvalue weighted by Crippen LogP contribution is 2.30. The Morgan fingerprint density at radius 1 is 1.39 bits per heavy atom. The number of nitrogens with zero attached hydrogens (tertiary/aromatic N) is 3. The van der Waals surface area contributed by atoms with Crippen LogP contribution in [0.2, 0.25) is 0 Å². The van der Waals surface area contributed by atoms with Gasteiger partial charge in [0, 0.05) is 18.7 Å². The predicted octanol–water partition coefficient (Wildman–Crippen LogP) is 2.67. The number of benzene rings is 1. The Morgan fingerprint density at radius 3 is 2.79 bits per heavy atom. The number of aromatic amines is 1. The van der Waals surface area contributed by atoms with Crippen LogP contribution in [0.5, 0.6) is 5.75 Å². The van der Waals surface area contributed by atoms with Crippen molar-refractivity contribution < 1.29 is 9.53 Å². The molecule has 0 radical (unpaired) electrons. The lowest BCUT2D eigenvalue weighted by Gasteiger charge is -2.30. The van der Waals surface area contributed by atoms with Crippen molar-refractivity contribution >= 4 is 17.7 Å². The van der Waals surface area contributed by atoms with Gasteiger partial charge in [-0.1, -0.05) is 30.8 Å². The van der Waals surface area contributed by atoms with Gasteiger partial charge in [-0.2, -0.15) is 5.26 Å². The molecule has 0 aliphatic carbocycles. The summed E-state index contributed by atoms with van der Waals surface area (Å²) in [6.07, 6.45) is 3.79. The van der Waals surface area contributed by atoms with E-state index >= 15 is 0 Å². The van der Waals surface area contributed by atoms with E-state index in [4.69, 9.17) is 4.74 Å². The van der Waals surface area contributed by atoms with Crippen LogP contribution in [0.1, 0.15) is 25.3 Å². The molecule has 8 heteroatoms. The first-order valence-corrected chi connectivity index (χ1v) is 10.3. The van der Waals surface area contributed by atoms with Gasteiger partial charge in [0.2, 0.25) is 0 Å². The highest BCUT2D eigenvalue weighted by molar-refractivity contribution is 7.98. The zero-order valence-electron chi connectivity index (χ0n) is 15.9. The highest BCUT2D eigenvalue weighted by Gasteiger charge is 2.22. The molecular weight excluding hydrogens is 376 g/mol. The van der Waals surface area contributed by atoms with E-state index in [1.807, 2.05) is 11.0 Å². The van der Waals surface area contributed by atoms with Crippen LogP contribution in [0.3, 0.4) is 0 Å². The Labute approximate surface area is 167 Å². The van der Waals surface area contributed by atoms with E-state index in [0.717, 1.165) is 25.9 Å². The largest absolute Gasteiger partial charge is 0.483 e. The summed E-state index contributed by atoms with van der Waals surface area (Å²) in [7, 11) is 0. The first-order chi connectivity index (χ1) is 13.5. The summed E-state index contributed by atoms with van der Waals surface area (Å²) in [6.45, 7) is 3.59. The molecular formula is C20H22N4O3S. The van der Waals surface area contributed by atoms with Crippen molar-refractivity contribution in [2.75, 3.05) is 26.0 Å². The summed E-state index contributed by atoms with van der Waals surface area (Å²) in [6, 6.07) is 8.91. The number of amides is 1. The van der Waals surface area contributed by atoms with Crippen molar-refractivity contribution in [3.63, 3.8) is 0 Å². The molecule has 2 aromatic rings. The van der Waals surface area contributed by atoms with Crippen LogP contribution in [0.4, 0.5) is 0 Å². The molecule has 1 aromatic heterocycles. The van der Waals surface area contributed by atoms with Gasteiger partial charge >= 0.3 is 0 Å². The van der Waals surface area contributed by atoms with Crippen LogP contribution in [-0.2, 0) is 4.79 Å². The zero-order valence-corrected chi connectivity index (χ0v) is 16.7. The fourth-order valence-corrected chi connectivity index (χ4v) is 3.50. The number of aromatic nitrogens is 2. The van der Waals surface area contributed by atoms with Crippen molar-refractivity contribution in [2.24, 2.45) is 5.92 Å². The van der Waals surface area contributed by atoms with Gasteiger partial charge in [-0.25, -0.2) is 4.98 Å². The lowest BCUT2D eigenvalue weighted by Crippen LogP contribution is -2.40. The fourth-order valence-electron chi connectivity index (χ4n) is 3.12. The van der Waals surface area contributed by atoms with Crippen molar-refractivity contribution in [1.82, 2.24) is 14.9 Å². The van der Waals surface area contributed by atoms with Crippen LogP contribution < -0.4 is 10.3 Å². The van der Waals surface area contributed by atoms with Gasteiger partial charge < -0.3 is 14.6 Å². The van der Waals surface area contributed by atoms with Gasteiger partial charge in [0.05, 0.1) is 0 Å². The number of nitriles is 1. The summed E-state index contributed by atoms with van der Waals surface area (Å²) < 4.78 is 5.79. The Morgan fingerprint density at radius 2 is 2.11 bits per heavy atom. The molecule has 1 N–H and O–H groups in total. The van der Waals surface area contributed by atoms with Crippen LogP contribution in [0.25, 0.3) is 11.3 Å². The maximum atomic E-state index is 12.5. The topological polar surface area (TPSA) is 99.1 Å². The SMILES string of the molecule is CSc1nc(-c2ccccc2OCC(=O)N2CCC(C)CC2)c(C#N)c(=O)[nH]1. The third-order valence-corrected chi connectivity index (χ3v) is 5.41. The quantitative estimate of drug-likeness (QED) is 0.614. The lowest BCUT2D eigenvalue weighted by atomic mass is 9.99. The number of H-pyrrole nitrogens is 1. The van der Waals surface area contributed by atoms with E-state index in [1.165, 1.54) is 11.8 Å². The summed E-state index contributed by atoms with van der Waals surface area (Å²) in [4.78, 5) is 33.5. The first-order valence-electron chi connectivity index (χ1n) is 9.12. The third kappa shape index (κ3) is 4.37. The van der Waals surface area contributed by atoms with E-state index in [-0.39, 0.29) is 23.8 Å². The molecule has 1 aliphatic rings. The molecule has 0 atom stereocenters. The Balaban J connectivity index is 1.85. The molecule has 1 aliphatic heterocycles. The summed E-state index contributed by atoms with van der Waals surface area (Å²) >= 11 is 1.28. The molecule has 2 heterocycles. The van der Waals surface area contributed by atoms with Crippen molar-refractivity contribution in [3.8, 4) is 23.1 Å². The predicted molar refractivity (Wildman–Crippen MR) is 107 cm³/mol. The third-order valence-electron chi connectivity index (χ3n) is 4.83. The number of rotatable bonds is 5.